The van der Waals surface area contributed by atoms with Crippen molar-refractivity contribution in [2.75, 3.05) is 19.6 Å². The van der Waals surface area contributed by atoms with Gasteiger partial charge in [0.25, 0.3) is 0 Å². The van der Waals surface area contributed by atoms with Gasteiger partial charge in [0, 0.05) is 13.1 Å². The summed E-state index contributed by atoms with van der Waals surface area (Å²) in [5.41, 5.74) is 7.44. The van der Waals surface area contributed by atoms with Crippen LogP contribution in [-0.2, 0) is 0 Å². The van der Waals surface area contributed by atoms with E-state index in [1.807, 2.05) is 18.2 Å². The number of carbonyl (C=O) groups is 1. The molecule has 1 aromatic rings. The number of amides is 1. The summed E-state index contributed by atoms with van der Waals surface area (Å²) >= 11 is 0. The molecule has 0 radical (unpaired) electrons. The molecule has 0 fully saturated rings. The van der Waals surface area contributed by atoms with E-state index in [1.165, 1.54) is 12.0 Å². The Morgan fingerprint density at radius 2 is 2.32 bits per heavy atom. The molecule has 1 aliphatic heterocycles. The molecule has 2 rings (SSSR count). The van der Waals surface area contributed by atoms with Gasteiger partial charge in [-0.1, -0.05) is 25.1 Å². The molecule has 1 aromatic carbocycles. The van der Waals surface area contributed by atoms with Crippen molar-refractivity contribution in [2.45, 2.75) is 19.8 Å². The fraction of sp³-hybridized carbons (Fsp3) is 0.400. The molecule has 0 bridgehead atoms. The molecular formula is C15H20N2O2. The van der Waals surface area contributed by atoms with Crippen LogP contribution in [-0.4, -0.2) is 30.6 Å². The van der Waals surface area contributed by atoms with Crippen LogP contribution in [0.5, 0.6) is 5.75 Å². The number of ether oxygens (including phenoxy) is 1. The van der Waals surface area contributed by atoms with Gasteiger partial charge in [-0.3, -0.25) is 4.90 Å². The van der Waals surface area contributed by atoms with Crippen LogP contribution in [0.2, 0.25) is 0 Å². The van der Waals surface area contributed by atoms with Crippen LogP contribution >= 0.6 is 0 Å². The molecule has 0 aromatic heterocycles. The minimum absolute atomic E-state index is 0.502. The van der Waals surface area contributed by atoms with Crippen LogP contribution in [0.25, 0.3) is 5.57 Å². The fourth-order valence-corrected chi connectivity index (χ4v) is 2.37. The van der Waals surface area contributed by atoms with E-state index < -0.39 is 6.09 Å². The van der Waals surface area contributed by atoms with E-state index in [2.05, 4.69) is 17.9 Å². The third kappa shape index (κ3) is 3.83. The van der Waals surface area contributed by atoms with Crippen molar-refractivity contribution in [3.63, 3.8) is 0 Å². The van der Waals surface area contributed by atoms with Crippen molar-refractivity contribution in [3.05, 3.63) is 35.9 Å². The van der Waals surface area contributed by atoms with E-state index >= 15 is 0 Å². The first kappa shape index (κ1) is 13.6. The number of rotatable bonds is 4. The minimum Gasteiger partial charge on any atom is -0.410 e. The predicted octanol–water partition coefficient (Wildman–Crippen LogP) is 2.64. The number of nitrogens with two attached hydrogens (primary N) is 1. The van der Waals surface area contributed by atoms with E-state index in [9.17, 15) is 4.79 Å². The van der Waals surface area contributed by atoms with E-state index in [0.717, 1.165) is 31.6 Å². The van der Waals surface area contributed by atoms with Crippen molar-refractivity contribution < 1.29 is 9.53 Å². The Morgan fingerprint density at radius 1 is 1.47 bits per heavy atom. The molecule has 1 aliphatic rings. The van der Waals surface area contributed by atoms with E-state index in [-0.39, 0.29) is 0 Å². The minimum atomic E-state index is -0.774. The summed E-state index contributed by atoms with van der Waals surface area (Å²) in [6, 6.07) is 7.52. The molecule has 1 amide bonds. The maximum atomic E-state index is 10.7. The van der Waals surface area contributed by atoms with Gasteiger partial charge in [-0.2, -0.15) is 0 Å². The zero-order valence-electron chi connectivity index (χ0n) is 11.3. The van der Waals surface area contributed by atoms with Crippen LogP contribution in [0, 0.1) is 0 Å². The number of hydrogen-bond donors (Lipinski definition) is 1. The third-order valence-electron chi connectivity index (χ3n) is 3.26. The van der Waals surface area contributed by atoms with Crippen LogP contribution in [0.3, 0.4) is 0 Å². The second kappa shape index (κ2) is 6.38. The number of primary amides is 1. The molecule has 4 nitrogen and oxygen atoms in total. The summed E-state index contributed by atoms with van der Waals surface area (Å²) in [4.78, 5) is 13.2. The summed E-state index contributed by atoms with van der Waals surface area (Å²) in [7, 11) is 0. The predicted molar refractivity (Wildman–Crippen MR) is 76.0 cm³/mol. The van der Waals surface area contributed by atoms with Crippen LogP contribution in [0.15, 0.2) is 30.3 Å². The highest BCUT2D eigenvalue weighted by molar-refractivity contribution is 5.71. The molecular weight excluding hydrogens is 240 g/mol. The number of benzene rings is 1. The summed E-state index contributed by atoms with van der Waals surface area (Å²) in [6.45, 7) is 5.42. The van der Waals surface area contributed by atoms with Crippen molar-refractivity contribution in [1.82, 2.24) is 4.90 Å². The van der Waals surface area contributed by atoms with Crippen molar-refractivity contribution in [1.29, 1.82) is 0 Å². The standard InChI is InChI=1S/C15H20N2O2/c1-2-8-17-9-6-12(7-10-17)13-4-3-5-14(11-13)19-15(16)18/h3-6,11H,2,7-10H2,1H3,(H2,16,18). The van der Waals surface area contributed by atoms with Crippen molar-refractivity contribution in [3.8, 4) is 5.75 Å². The second-order valence-corrected chi connectivity index (χ2v) is 4.73. The molecule has 102 valence electrons. The molecule has 2 N–H and O–H groups in total. The molecule has 0 saturated heterocycles. The van der Waals surface area contributed by atoms with Gasteiger partial charge in [-0.05, 0) is 42.7 Å². The van der Waals surface area contributed by atoms with Gasteiger partial charge in [0.05, 0.1) is 0 Å². The highest BCUT2D eigenvalue weighted by atomic mass is 16.5. The fourth-order valence-electron chi connectivity index (χ4n) is 2.37. The number of carbonyl (C=O) groups excluding carboxylic acids is 1. The first-order valence-electron chi connectivity index (χ1n) is 6.68. The lowest BCUT2D eigenvalue weighted by Crippen LogP contribution is -2.29. The maximum absolute atomic E-state index is 10.7. The highest BCUT2D eigenvalue weighted by Gasteiger charge is 2.12. The molecule has 0 unspecified atom stereocenters. The van der Waals surface area contributed by atoms with E-state index in [0.29, 0.717) is 5.75 Å². The van der Waals surface area contributed by atoms with Crippen molar-refractivity contribution in [2.24, 2.45) is 5.73 Å². The topological polar surface area (TPSA) is 55.6 Å². The third-order valence-corrected chi connectivity index (χ3v) is 3.26. The Kier molecular flexibility index (Phi) is 4.58. The maximum Gasteiger partial charge on any atom is 0.409 e. The molecule has 1 heterocycles. The van der Waals surface area contributed by atoms with Gasteiger partial charge in [0.2, 0.25) is 0 Å². The molecule has 0 spiro atoms. The Hall–Kier alpha value is -1.81. The second-order valence-electron chi connectivity index (χ2n) is 4.73. The Balaban J connectivity index is 2.08. The van der Waals surface area contributed by atoms with E-state index in [1.54, 1.807) is 6.07 Å². The zero-order chi connectivity index (χ0) is 13.7. The van der Waals surface area contributed by atoms with Gasteiger partial charge in [0.1, 0.15) is 5.75 Å². The Bertz CT molecular complexity index is 483. The van der Waals surface area contributed by atoms with Gasteiger partial charge in [-0.15, -0.1) is 0 Å². The quantitative estimate of drug-likeness (QED) is 0.905. The zero-order valence-corrected chi connectivity index (χ0v) is 11.3. The summed E-state index contributed by atoms with van der Waals surface area (Å²) in [6.07, 6.45) is 3.69. The van der Waals surface area contributed by atoms with Crippen LogP contribution in [0.1, 0.15) is 25.3 Å². The first-order valence-corrected chi connectivity index (χ1v) is 6.68. The SMILES string of the molecule is CCCN1CC=C(c2cccc(OC(N)=O)c2)CC1. The molecule has 0 atom stereocenters. The summed E-state index contributed by atoms with van der Waals surface area (Å²) in [5.74, 6) is 0.502. The summed E-state index contributed by atoms with van der Waals surface area (Å²) < 4.78 is 4.91. The van der Waals surface area contributed by atoms with Gasteiger partial charge in [-0.25, -0.2) is 4.79 Å². The largest absolute Gasteiger partial charge is 0.410 e. The van der Waals surface area contributed by atoms with Gasteiger partial charge < -0.3 is 10.5 Å². The van der Waals surface area contributed by atoms with Crippen LogP contribution < -0.4 is 10.5 Å². The van der Waals surface area contributed by atoms with Crippen molar-refractivity contribution >= 4 is 11.7 Å². The highest BCUT2D eigenvalue weighted by Crippen LogP contribution is 2.25. The Labute approximate surface area is 113 Å². The van der Waals surface area contributed by atoms with Crippen LogP contribution in [0.4, 0.5) is 4.79 Å². The lowest BCUT2D eigenvalue weighted by Gasteiger charge is -2.26. The normalized spacial score (nSPS) is 15.9. The smallest absolute Gasteiger partial charge is 0.409 e. The van der Waals surface area contributed by atoms with Gasteiger partial charge >= 0.3 is 6.09 Å². The number of nitrogens with zero attached hydrogens (tertiary/aromatic N) is 1. The Morgan fingerprint density at radius 3 is 2.95 bits per heavy atom. The van der Waals surface area contributed by atoms with Gasteiger partial charge in [0.15, 0.2) is 0 Å². The lowest BCUT2D eigenvalue weighted by atomic mass is 9.99. The molecule has 4 heteroatoms. The monoisotopic (exact) mass is 260 g/mol. The average molecular weight is 260 g/mol. The first-order chi connectivity index (χ1) is 9.19. The van der Waals surface area contributed by atoms with E-state index in [4.69, 9.17) is 10.5 Å². The average Bonchev–Trinajstić information content (AvgIpc) is 2.39. The summed E-state index contributed by atoms with van der Waals surface area (Å²) in [5, 5.41) is 0. The molecule has 0 aliphatic carbocycles. The lowest BCUT2D eigenvalue weighted by molar-refractivity contribution is 0.211. The molecule has 19 heavy (non-hydrogen) atoms. The number of hydrogen-bond acceptors (Lipinski definition) is 3. The molecule has 0 saturated carbocycles.